The van der Waals surface area contributed by atoms with Crippen molar-refractivity contribution in [2.75, 3.05) is 21.3 Å². The number of carbonyl (C=O) groups is 1. The van der Waals surface area contributed by atoms with Crippen molar-refractivity contribution in [1.82, 2.24) is 14.9 Å². The minimum Gasteiger partial charge on any atom is -0.493 e. The molecule has 1 N–H and O–H groups in total. The molecule has 0 saturated carbocycles. The van der Waals surface area contributed by atoms with Crippen LogP contribution in [0.15, 0.2) is 34.4 Å². The number of ether oxygens (including phenoxy) is 2. The average molecular weight is 359 g/mol. The highest BCUT2D eigenvalue weighted by Crippen LogP contribution is 2.28. The van der Waals surface area contributed by atoms with E-state index in [1.807, 2.05) is 5.38 Å². The van der Waals surface area contributed by atoms with Gasteiger partial charge in [0.05, 0.1) is 26.3 Å². The Labute approximate surface area is 147 Å². The quantitative estimate of drug-likeness (QED) is 0.755. The minimum atomic E-state index is -0.214. The fraction of sp³-hybridized carbons (Fsp3) is 0.235. The molecule has 0 atom stereocenters. The van der Waals surface area contributed by atoms with E-state index in [2.05, 4.69) is 9.97 Å². The van der Waals surface area contributed by atoms with E-state index >= 15 is 0 Å². The van der Waals surface area contributed by atoms with Gasteiger partial charge in [0, 0.05) is 12.6 Å². The Hall–Kier alpha value is -2.87. The molecule has 1 aromatic carbocycles. The Kier molecular flexibility index (Phi) is 4.71. The van der Waals surface area contributed by atoms with Crippen LogP contribution in [-0.2, 0) is 6.54 Å². The number of fused-ring (bicyclic) bond motifs is 1. The maximum atomic E-state index is 12.6. The molecule has 3 aromatic rings. The van der Waals surface area contributed by atoms with E-state index < -0.39 is 0 Å². The summed E-state index contributed by atoms with van der Waals surface area (Å²) in [6, 6.07) is 6.75. The summed E-state index contributed by atoms with van der Waals surface area (Å²) >= 11 is 1.34. The van der Waals surface area contributed by atoms with Crippen LogP contribution in [0.3, 0.4) is 0 Å². The molecule has 0 saturated heterocycles. The minimum absolute atomic E-state index is 0.189. The number of aromatic nitrogens is 2. The Balaban J connectivity index is 1.83. The summed E-state index contributed by atoms with van der Waals surface area (Å²) in [4.78, 5) is 33.2. The van der Waals surface area contributed by atoms with Crippen molar-refractivity contribution < 1.29 is 14.3 Å². The molecule has 3 rings (SSSR count). The fourth-order valence-electron chi connectivity index (χ4n) is 2.48. The molecule has 0 spiro atoms. The van der Waals surface area contributed by atoms with E-state index in [-0.39, 0.29) is 18.0 Å². The summed E-state index contributed by atoms with van der Waals surface area (Å²) in [5.41, 5.74) is 0.900. The van der Waals surface area contributed by atoms with Gasteiger partial charge in [-0.3, -0.25) is 9.59 Å². The molecule has 1 amide bonds. The largest absolute Gasteiger partial charge is 0.493 e. The van der Waals surface area contributed by atoms with E-state index in [0.717, 1.165) is 0 Å². The van der Waals surface area contributed by atoms with E-state index in [1.165, 1.54) is 30.5 Å². The van der Waals surface area contributed by atoms with Crippen LogP contribution in [-0.4, -0.2) is 42.0 Å². The molecule has 7 nitrogen and oxygen atoms in total. The molecule has 0 aliphatic rings. The molecule has 0 radical (unpaired) electrons. The number of aromatic amines is 1. The number of hydrogen-bond acceptors (Lipinski definition) is 6. The van der Waals surface area contributed by atoms with Gasteiger partial charge in [-0.1, -0.05) is 0 Å². The van der Waals surface area contributed by atoms with Crippen molar-refractivity contribution in [1.29, 1.82) is 0 Å². The highest BCUT2D eigenvalue weighted by atomic mass is 32.1. The number of nitrogens with zero attached hydrogens (tertiary/aromatic N) is 2. The third-order valence-corrected chi connectivity index (χ3v) is 4.63. The van der Waals surface area contributed by atoms with E-state index in [4.69, 9.17) is 9.47 Å². The highest BCUT2D eigenvalue weighted by molar-refractivity contribution is 7.17. The topological polar surface area (TPSA) is 84.5 Å². The second-order valence-corrected chi connectivity index (χ2v) is 6.29. The predicted octanol–water partition coefficient (Wildman–Crippen LogP) is 2.27. The van der Waals surface area contributed by atoms with Crippen molar-refractivity contribution in [3.05, 3.63) is 51.4 Å². The molecule has 0 aliphatic heterocycles. The van der Waals surface area contributed by atoms with Crippen LogP contribution in [0.1, 0.15) is 16.2 Å². The van der Waals surface area contributed by atoms with Crippen LogP contribution in [0.2, 0.25) is 0 Å². The number of H-pyrrole nitrogens is 1. The van der Waals surface area contributed by atoms with Crippen LogP contribution in [0.5, 0.6) is 11.5 Å². The van der Waals surface area contributed by atoms with Gasteiger partial charge in [0.2, 0.25) is 0 Å². The van der Waals surface area contributed by atoms with Crippen molar-refractivity contribution in [3.63, 3.8) is 0 Å². The smallest absolute Gasteiger partial charge is 0.268 e. The Morgan fingerprint density at radius 2 is 2.00 bits per heavy atom. The highest BCUT2D eigenvalue weighted by Gasteiger charge is 2.16. The third kappa shape index (κ3) is 3.34. The van der Waals surface area contributed by atoms with Crippen LogP contribution >= 0.6 is 11.3 Å². The summed E-state index contributed by atoms with van der Waals surface area (Å²) in [5, 5.41) is 1.81. The fourth-order valence-corrected chi connectivity index (χ4v) is 3.21. The van der Waals surface area contributed by atoms with Gasteiger partial charge in [0.25, 0.3) is 11.5 Å². The first-order valence-corrected chi connectivity index (χ1v) is 8.35. The zero-order valence-corrected chi connectivity index (χ0v) is 14.8. The molecule has 2 heterocycles. The summed E-state index contributed by atoms with van der Waals surface area (Å²) in [5.74, 6) is 1.25. The molecule has 0 unspecified atom stereocenters. The number of benzene rings is 1. The molecule has 0 fully saturated rings. The summed E-state index contributed by atoms with van der Waals surface area (Å²) in [7, 11) is 4.70. The molecule has 25 heavy (non-hydrogen) atoms. The Morgan fingerprint density at radius 1 is 1.24 bits per heavy atom. The van der Waals surface area contributed by atoms with Crippen LogP contribution in [0, 0.1) is 0 Å². The normalized spacial score (nSPS) is 10.7. The first-order valence-electron chi connectivity index (χ1n) is 7.47. The van der Waals surface area contributed by atoms with Gasteiger partial charge >= 0.3 is 0 Å². The molecular weight excluding hydrogens is 342 g/mol. The third-order valence-electron chi connectivity index (χ3n) is 3.73. The van der Waals surface area contributed by atoms with Crippen LogP contribution < -0.4 is 15.0 Å². The monoisotopic (exact) mass is 359 g/mol. The molecule has 130 valence electrons. The van der Waals surface area contributed by atoms with Crippen LogP contribution in [0.25, 0.3) is 10.2 Å². The number of methoxy groups -OCH3 is 2. The number of amides is 1. The Morgan fingerprint density at radius 3 is 2.72 bits per heavy atom. The number of nitrogens with one attached hydrogen (secondary N) is 1. The van der Waals surface area contributed by atoms with Gasteiger partial charge in [0.15, 0.2) is 11.5 Å². The second kappa shape index (κ2) is 6.94. The molecule has 0 aliphatic carbocycles. The van der Waals surface area contributed by atoms with Crippen molar-refractivity contribution >= 4 is 27.5 Å². The van der Waals surface area contributed by atoms with E-state index in [1.54, 1.807) is 31.3 Å². The lowest BCUT2D eigenvalue weighted by Gasteiger charge is -2.17. The summed E-state index contributed by atoms with van der Waals surface area (Å²) in [6.45, 7) is 0.189. The summed E-state index contributed by atoms with van der Waals surface area (Å²) < 4.78 is 11.0. The first-order chi connectivity index (χ1) is 12.0. The summed E-state index contributed by atoms with van der Waals surface area (Å²) in [6.07, 6.45) is 0. The van der Waals surface area contributed by atoms with Crippen molar-refractivity contribution in [2.45, 2.75) is 6.54 Å². The number of rotatable bonds is 5. The number of carbonyl (C=O) groups excluding carboxylic acids is 1. The van der Waals surface area contributed by atoms with Crippen molar-refractivity contribution in [3.8, 4) is 11.5 Å². The van der Waals surface area contributed by atoms with Gasteiger partial charge in [-0.25, -0.2) is 4.98 Å². The molecule has 0 bridgehead atoms. The standard InChI is InChI=1S/C17H17N3O4S/c1-20(9-14-18-11-6-7-25-15(11)16(21)19-14)17(22)10-4-5-12(23-2)13(8-10)24-3/h4-8H,9H2,1-3H3,(H,18,19,21). The molecule has 2 aromatic heterocycles. The maximum Gasteiger partial charge on any atom is 0.268 e. The van der Waals surface area contributed by atoms with Gasteiger partial charge in [-0.15, -0.1) is 11.3 Å². The zero-order valence-electron chi connectivity index (χ0n) is 14.0. The number of hydrogen-bond donors (Lipinski definition) is 1. The zero-order chi connectivity index (χ0) is 18.0. The van der Waals surface area contributed by atoms with Gasteiger partial charge in [-0.05, 0) is 29.6 Å². The predicted molar refractivity (Wildman–Crippen MR) is 95.6 cm³/mol. The molecule has 8 heteroatoms. The van der Waals surface area contributed by atoms with E-state index in [0.29, 0.717) is 33.1 Å². The van der Waals surface area contributed by atoms with Gasteiger partial charge in [0.1, 0.15) is 10.5 Å². The maximum absolute atomic E-state index is 12.6. The van der Waals surface area contributed by atoms with Crippen LogP contribution in [0.4, 0.5) is 0 Å². The lowest BCUT2D eigenvalue weighted by molar-refractivity contribution is 0.0781. The SMILES string of the molecule is COc1ccc(C(=O)N(C)Cc2nc3ccsc3c(=O)[nH]2)cc1OC. The average Bonchev–Trinajstić information content (AvgIpc) is 3.09. The van der Waals surface area contributed by atoms with Gasteiger partial charge < -0.3 is 19.4 Å². The van der Waals surface area contributed by atoms with Crippen molar-refractivity contribution in [2.24, 2.45) is 0 Å². The number of thiophene rings is 1. The van der Waals surface area contributed by atoms with E-state index in [9.17, 15) is 9.59 Å². The van der Waals surface area contributed by atoms with Gasteiger partial charge in [-0.2, -0.15) is 0 Å². The first kappa shape index (κ1) is 17.0. The lowest BCUT2D eigenvalue weighted by atomic mass is 10.1. The Bertz CT molecular complexity index is 979. The second-order valence-electron chi connectivity index (χ2n) is 5.38. The lowest BCUT2D eigenvalue weighted by Crippen LogP contribution is -2.28. The molecular formula is C17H17N3O4S.